The number of amides is 1. The predicted molar refractivity (Wildman–Crippen MR) is 107 cm³/mol. The summed E-state index contributed by atoms with van der Waals surface area (Å²) in [6, 6.07) is 21.8. The molecule has 26 heavy (non-hydrogen) atoms. The van der Waals surface area contributed by atoms with Crippen LogP contribution in [0.2, 0.25) is 0 Å². The minimum atomic E-state index is -0.218. The van der Waals surface area contributed by atoms with Crippen molar-refractivity contribution in [2.24, 2.45) is 12.1 Å². The number of nitrogens with zero attached hydrogens (tertiary/aromatic N) is 2. The highest BCUT2D eigenvalue weighted by atomic mass is 16.2. The van der Waals surface area contributed by atoms with Crippen LogP contribution >= 0.6 is 0 Å². The Hall–Kier alpha value is -3.40. The number of para-hydroxylation sites is 1. The van der Waals surface area contributed by atoms with Crippen molar-refractivity contribution in [3.8, 4) is 0 Å². The van der Waals surface area contributed by atoms with Gasteiger partial charge >= 0.3 is 0 Å². The molecule has 1 aromatic heterocycles. The number of hydrogen-bond donors (Lipinski definition) is 1. The molecule has 0 aliphatic carbocycles. The Bertz CT molecular complexity index is 1150. The second kappa shape index (κ2) is 6.48. The summed E-state index contributed by atoms with van der Waals surface area (Å²) < 4.78 is 2.13. The molecular formula is C22H19N3O. The molecule has 0 aliphatic rings. The Kier molecular flexibility index (Phi) is 4.01. The minimum Gasteiger partial charge on any atom is -0.347 e. The number of aromatic nitrogens is 1. The third kappa shape index (κ3) is 2.75. The lowest BCUT2D eigenvalue weighted by atomic mass is 10.1. The second-order valence-corrected chi connectivity index (χ2v) is 6.34. The SMILES string of the molecule is Cc1c(/C=N/NC(=O)c2ccc3ccccc3c2)c2ccccc2n1C. The van der Waals surface area contributed by atoms with E-state index in [2.05, 4.69) is 27.2 Å². The van der Waals surface area contributed by atoms with E-state index in [1.807, 2.05) is 68.6 Å². The molecule has 0 radical (unpaired) electrons. The summed E-state index contributed by atoms with van der Waals surface area (Å²) in [6.07, 6.45) is 1.72. The van der Waals surface area contributed by atoms with Crippen molar-refractivity contribution >= 4 is 33.8 Å². The molecule has 1 heterocycles. The van der Waals surface area contributed by atoms with Crippen LogP contribution in [-0.2, 0) is 7.05 Å². The van der Waals surface area contributed by atoms with E-state index < -0.39 is 0 Å². The molecule has 0 fully saturated rings. The van der Waals surface area contributed by atoms with Crippen LogP contribution in [-0.4, -0.2) is 16.7 Å². The summed E-state index contributed by atoms with van der Waals surface area (Å²) in [6.45, 7) is 2.05. The number of nitrogens with one attached hydrogen (secondary N) is 1. The molecule has 4 heteroatoms. The van der Waals surface area contributed by atoms with Crippen molar-refractivity contribution in [2.75, 3.05) is 0 Å². The summed E-state index contributed by atoms with van der Waals surface area (Å²) in [4.78, 5) is 12.4. The first-order valence-electron chi connectivity index (χ1n) is 8.51. The fraction of sp³-hybridized carbons (Fsp3) is 0.0909. The molecular weight excluding hydrogens is 322 g/mol. The number of aryl methyl sites for hydroxylation is 1. The van der Waals surface area contributed by atoms with Crippen molar-refractivity contribution in [3.05, 3.63) is 83.6 Å². The summed E-state index contributed by atoms with van der Waals surface area (Å²) >= 11 is 0. The normalized spacial score (nSPS) is 11.5. The quantitative estimate of drug-likeness (QED) is 0.436. The summed E-state index contributed by atoms with van der Waals surface area (Å²) in [7, 11) is 2.03. The Labute approximate surface area is 151 Å². The topological polar surface area (TPSA) is 46.4 Å². The maximum absolute atomic E-state index is 12.4. The first-order chi connectivity index (χ1) is 12.6. The van der Waals surface area contributed by atoms with Crippen LogP contribution in [0.25, 0.3) is 21.7 Å². The van der Waals surface area contributed by atoms with Gasteiger partial charge in [0.05, 0.1) is 6.21 Å². The Morgan fingerprint density at radius 3 is 2.58 bits per heavy atom. The molecule has 0 bridgehead atoms. The number of rotatable bonds is 3. The largest absolute Gasteiger partial charge is 0.347 e. The molecule has 4 nitrogen and oxygen atoms in total. The Morgan fingerprint density at radius 2 is 1.73 bits per heavy atom. The van der Waals surface area contributed by atoms with Crippen molar-refractivity contribution in [3.63, 3.8) is 0 Å². The number of carbonyl (C=O) groups is 1. The van der Waals surface area contributed by atoms with E-state index in [4.69, 9.17) is 0 Å². The van der Waals surface area contributed by atoms with Gasteiger partial charge in [0, 0.05) is 34.8 Å². The van der Waals surface area contributed by atoms with E-state index in [-0.39, 0.29) is 5.91 Å². The van der Waals surface area contributed by atoms with Crippen LogP contribution in [0, 0.1) is 6.92 Å². The predicted octanol–water partition coefficient (Wildman–Crippen LogP) is 4.40. The van der Waals surface area contributed by atoms with Crippen molar-refractivity contribution in [1.29, 1.82) is 0 Å². The highest BCUT2D eigenvalue weighted by Gasteiger charge is 2.10. The van der Waals surface area contributed by atoms with Gasteiger partial charge in [-0.3, -0.25) is 4.79 Å². The van der Waals surface area contributed by atoms with Gasteiger partial charge < -0.3 is 4.57 Å². The molecule has 0 unspecified atom stereocenters. The molecule has 4 rings (SSSR count). The van der Waals surface area contributed by atoms with E-state index in [1.165, 1.54) is 0 Å². The number of fused-ring (bicyclic) bond motifs is 2. The van der Waals surface area contributed by atoms with Gasteiger partial charge in [0.1, 0.15) is 0 Å². The highest BCUT2D eigenvalue weighted by molar-refractivity contribution is 6.02. The van der Waals surface area contributed by atoms with Crippen LogP contribution in [0.4, 0.5) is 0 Å². The lowest BCUT2D eigenvalue weighted by Crippen LogP contribution is -2.17. The van der Waals surface area contributed by atoms with E-state index in [1.54, 1.807) is 6.21 Å². The third-order valence-electron chi connectivity index (χ3n) is 4.82. The van der Waals surface area contributed by atoms with Gasteiger partial charge in [-0.05, 0) is 35.9 Å². The molecule has 0 spiro atoms. The Balaban J connectivity index is 1.58. The third-order valence-corrected chi connectivity index (χ3v) is 4.82. The van der Waals surface area contributed by atoms with Gasteiger partial charge in [-0.1, -0.05) is 48.5 Å². The lowest BCUT2D eigenvalue weighted by molar-refractivity contribution is 0.0955. The number of carbonyl (C=O) groups excluding carboxylic acids is 1. The van der Waals surface area contributed by atoms with E-state index in [9.17, 15) is 4.79 Å². The van der Waals surface area contributed by atoms with Crippen LogP contribution in [0.1, 0.15) is 21.6 Å². The van der Waals surface area contributed by atoms with E-state index in [0.29, 0.717) is 5.56 Å². The van der Waals surface area contributed by atoms with Gasteiger partial charge in [-0.15, -0.1) is 0 Å². The number of benzene rings is 3. The second-order valence-electron chi connectivity index (χ2n) is 6.34. The maximum Gasteiger partial charge on any atom is 0.271 e. The van der Waals surface area contributed by atoms with Crippen molar-refractivity contribution < 1.29 is 4.79 Å². The molecule has 1 amide bonds. The number of hydrazone groups is 1. The highest BCUT2D eigenvalue weighted by Crippen LogP contribution is 2.23. The zero-order valence-electron chi connectivity index (χ0n) is 14.7. The van der Waals surface area contributed by atoms with Crippen molar-refractivity contribution in [2.45, 2.75) is 6.92 Å². The van der Waals surface area contributed by atoms with E-state index >= 15 is 0 Å². The molecule has 0 atom stereocenters. The average molecular weight is 341 g/mol. The van der Waals surface area contributed by atoms with Gasteiger partial charge in [0.2, 0.25) is 0 Å². The summed E-state index contributed by atoms with van der Waals surface area (Å²) in [5, 5.41) is 7.45. The zero-order valence-corrected chi connectivity index (χ0v) is 14.7. The van der Waals surface area contributed by atoms with Crippen LogP contribution < -0.4 is 5.43 Å². The molecule has 4 aromatic rings. The summed E-state index contributed by atoms with van der Waals surface area (Å²) in [5.41, 5.74) is 6.50. The molecule has 3 aromatic carbocycles. The summed E-state index contributed by atoms with van der Waals surface area (Å²) in [5.74, 6) is -0.218. The van der Waals surface area contributed by atoms with Crippen LogP contribution in [0.3, 0.4) is 0 Å². The first-order valence-corrected chi connectivity index (χ1v) is 8.51. The molecule has 0 saturated carbocycles. The minimum absolute atomic E-state index is 0.218. The monoisotopic (exact) mass is 341 g/mol. The first kappa shape index (κ1) is 16.1. The average Bonchev–Trinajstić information content (AvgIpc) is 2.92. The molecule has 1 N–H and O–H groups in total. The number of hydrogen-bond acceptors (Lipinski definition) is 2. The molecule has 128 valence electrons. The standard InChI is InChI=1S/C22H19N3O/c1-15-20(19-9-5-6-10-21(19)25(15)2)14-23-24-22(26)18-12-11-16-7-3-4-8-17(16)13-18/h3-14H,1-2H3,(H,24,26)/b23-14+. The van der Waals surface area contributed by atoms with E-state index in [0.717, 1.165) is 32.9 Å². The van der Waals surface area contributed by atoms with Crippen LogP contribution in [0.15, 0.2) is 71.8 Å². The zero-order chi connectivity index (χ0) is 18.1. The van der Waals surface area contributed by atoms with Crippen LogP contribution in [0.5, 0.6) is 0 Å². The fourth-order valence-electron chi connectivity index (χ4n) is 3.26. The van der Waals surface area contributed by atoms with Gasteiger partial charge in [0.25, 0.3) is 5.91 Å². The van der Waals surface area contributed by atoms with Gasteiger partial charge in [-0.25, -0.2) is 5.43 Å². The maximum atomic E-state index is 12.4. The molecule has 0 aliphatic heterocycles. The fourth-order valence-corrected chi connectivity index (χ4v) is 3.26. The Morgan fingerprint density at radius 1 is 1.00 bits per heavy atom. The van der Waals surface area contributed by atoms with Gasteiger partial charge in [-0.2, -0.15) is 5.10 Å². The smallest absolute Gasteiger partial charge is 0.271 e. The molecule has 0 saturated heterocycles. The lowest BCUT2D eigenvalue weighted by Gasteiger charge is -2.02. The van der Waals surface area contributed by atoms with Crippen molar-refractivity contribution in [1.82, 2.24) is 9.99 Å². The van der Waals surface area contributed by atoms with Gasteiger partial charge in [0.15, 0.2) is 0 Å².